The fourth-order valence-corrected chi connectivity index (χ4v) is 1.98. The molecule has 1 aromatic rings. The normalized spacial score (nSPS) is 19.8. The molecule has 1 saturated heterocycles. The smallest absolute Gasteiger partial charge is 0.126 e. The summed E-state index contributed by atoms with van der Waals surface area (Å²) in [4.78, 5) is 2.04. The van der Waals surface area contributed by atoms with Crippen LogP contribution in [-0.4, -0.2) is 26.3 Å². The molecule has 1 unspecified atom stereocenters. The van der Waals surface area contributed by atoms with Gasteiger partial charge in [-0.3, -0.25) is 0 Å². The van der Waals surface area contributed by atoms with E-state index in [4.69, 9.17) is 10.00 Å². The Morgan fingerprint density at radius 3 is 2.94 bits per heavy atom. The second-order valence-electron chi connectivity index (χ2n) is 3.90. The number of nitriles is 1. The molecule has 1 heterocycles. The number of hydrogen-bond acceptors (Lipinski definition) is 3. The minimum Gasteiger partial charge on any atom is -0.380 e. The van der Waals surface area contributed by atoms with Crippen molar-refractivity contribution < 1.29 is 9.13 Å². The van der Waals surface area contributed by atoms with Gasteiger partial charge in [0, 0.05) is 25.9 Å². The van der Waals surface area contributed by atoms with Gasteiger partial charge in [0.1, 0.15) is 5.82 Å². The van der Waals surface area contributed by atoms with Crippen LogP contribution in [0.5, 0.6) is 0 Å². The van der Waals surface area contributed by atoms with E-state index in [1.54, 1.807) is 13.2 Å². The van der Waals surface area contributed by atoms with Gasteiger partial charge in [-0.1, -0.05) is 0 Å². The van der Waals surface area contributed by atoms with Gasteiger partial charge >= 0.3 is 0 Å². The molecule has 1 aromatic carbocycles. The number of rotatable bonds is 2. The number of methoxy groups -OCH3 is 1. The van der Waals surface area contributed by atoms with Crippen molar-refractivity contribution in [1.29, 1.82) is 5.26 Å². The van der Waals surface area contributed by atoms with Crippen molar-refractivity contribution in [2.24, 2.45) is 0 Å². The summed E-state index contributed by atoms with van der Waals surface area (Å²) in [6, 6.07) is 6.37. The lowest BCUT2D eigenvalue weighted by Crippen LogP contribution is -2.22. The predicted molar refractivity (Wildman–Crippen MR) is 58.7 cm³/mol. The number of halogens is 1. The van der Waals surface area contributed by atoms with E-state index >= 15 is 0 Å². The standard InChI is InChI=1S/C12H13FN2O/c1-16-12-2-3-15(8-12)11-5-9(7-14)4-10(13)6-11/h4-6,12H,2-3,8H2,1H3. The second kappa shape index (κ2) is 4.50. The van der Waals surface area contributed by atoms with Gasteiger partial charge in [0.15, 0.2) is 0 Å². The fourth-order valence-electron chi connectivity index (χ4n) is 1.98. The van der Waals surface area contributed by atoms with Crippen LogP contribution < -0.4 is 4.90 Å². The summed E-state index contributed by atoms with van der Waals surface area (Å²) in [6.07, 6.45) is 1.14. The van der Waals surface area contributed by atoms with Crippen molar-refractivity contribution in [3.63, 3.8) is 0 Å². The predicted octanol–water partition coefficient (Wildman–Crippen LogP) is 1.92. The summed E-state index contributed by atoms with van der Waals surface area (Å²) in [7, 11) is 1.68. The molecule has 4 heteroatoms. The Morgan fingerprint density at radius 1 is 1.50 bits per heavy atom. The molecule has 0 saturated carbocycles. The van der Waals surface area contributed by atoms with E-state index in [2.05, 4.69) is 0 Å². The van der Waals surface area contributed by atoms with Crippen molar-refractivity contribution in [2.75, 3.05) is 25.1 Å². The van der Waals surface area contributed by atoms with Crippen molar-refractivity contribution in [1.82, 2.24) is 0 Å². The van der Waals surface area contributed by atoms with E-state index < -0.39 is 0 Å². The van der Waals surface area contributed by atoms with Crippen LogP contribution in [0, 0.1) is 17.1 Å². The summed E-state index contributed by atoms with van der Waals surface area (Å²) in [6.45, 7) is 1.59. The van der Waals surface area contributed by atoms with Crippen molar-refractivity contribution in [3.05, 3.63) is 29.6 Å². The van der Waals surface area contributed by atoms with E-state index in [-0.39, 0.29) is 11.9 Å². The highest BCUT2D eigenvalue weighted by atomic mass is 19.1. The molecule has 0 N–H and O–H groups in total. The first-order valence-corrected chi connectivity index (χ1v) is 5.21. The van der Waals surface area contributed by atoms with Crippen LogP contribution in [0.3, 0.4) is 0 Å². The minimum atomic E-state index is -0.366. The Hall–Kier alpha value is -1.60. The van der Waals surface area contributed by atoms with E-state index in [1.165, 1.54) is 12.1 Å². The van der Waals surface area contributed by atoms with Gasteiger partial charge in [-0.25, -0.2) is 4.39 Å². The molecular formula is C12H13FN2O. The molecule has 1 aliphatic rings. The van der Waals surface area contributed by atoms with Crippen LogP contribution in [-0.2, 0) is 4.74 Å². The maximum Gasteiger partial charge on any atom is 0.126 e. The number of hydrogen-bond donors (Lipinski definition) is 0. The third-order valence-corrected chi connectivity index (χ3v) is 2.86. The third-order valence-electron chi connectivity index (χ3n) is 2.86. The number of ether oxygens (including phenoxy) is 1. The van der Waals surface area contributed by atoms with Crippen LogP contribution in [0.2, 0.25) is 0 Å². The van der Waals surface area contributed by atoms with E-state index in [1.807, 2.05) is 11.0 Å². The molecule has 3 nitrogen and oxygen atoms in total. The van der Waals surface area contributed by atoms with Crippen LogP contribution in [0.15, 0.2) is 18.2 Å². The highest BCUT2D eigenvalue weighted by Crippen LogP contribution is 2.23. The monoisotopic (exact) mass is 220 g/mol. The molecule has 0 radical (unpaired) electrons. The lowest BCUT2D eigenvalue weighted by Gasteiger charge is -2.18. The van der Waals surface area contributed by atoms with Gasteiger partial charge in [-0.2, -0.15) is 5.26 Å². The highest BCUT2D eigenvalue weighted by Gasteiger charge is 2.22. The third kappa shape index (κ3) is 2.15. The van der Waals surface area contributed by atoms with Crippen molar-refractivity contribution in [2.45, 2.75) is 12.5 Å². The molecule has 0 aromatic heterocycles. The molecule has 84 valence electrons. The zero-order valence-electron chi connectivity index (χ0n) is 9.11. The van der Waals surface area contributed by atoms with Crippen molar-refractivity contribution >= 4 is 5.69 Å². The fraction of sp³-hybridized carbons (Fsp3) is 0.417. The Labute approximate surface area is 94.0 Å². The molecule has 0 amide bonds. The largest absolute Gasteiger partial charge is 0.380 e. The summed E-state index contributed by atoms with van der Waals surface area (Å²) < 4.78 is 18.5. The Bertz CT molecular complexity index is 428. The minimum absolute atomic E-state index is 0.203. The maximum absolute atomic E-state index is 13.2. The number of nitrogens with zero attached hydrogens (tertiary/aromatic N) is 2. The summed E-state index contributed by atoms with van der Waals surface area (Å²) in [5, 5.41) is 8.77. The van der Waals surface area contributed by atoms with E-state index in [0.29, 0.717) is 5.56 Å². The Morgan fingerprint density at radius 2 is 2.31 bits per heavy atom. The second-order valence-corrected chi connectivity index (χ2v) is 3.90. The van der Waals surface area contributed by atoms with Gasteiger partial charge < -0.3 is 9.64 Å². The van der Waals surface area contributed by atoms with Gasteiger partial charge in [-0.05, 0) is 24.6 Å². The zero-order chi connectivity index (χ0) is 11.5. The average Bonchev–Trinajstić information content (AvgIpc) is 2.76. The first kappa shape index (κ1) is 10.9. The van der Waals surface area contributed by atoms with Crippen LogP contribution in [0.1, 0.15) is 12.0 Å². The van der Waals surface area contributed by atoms with E-state index in [9.17, 15) is 4.39 Å². The molecule has 1 fully saturated rings. The summed E-state index contributed by atoms with van der Waals surface area (Å²) >= 11 is 0. The molecule has 16 heavy (non-hydrogen) atoms. The lowest BCUT2D eigenvalue weighted by molar-refractivity contribution is 0.121. The van der Waals surface area contributed by atoms with Gasteiger partial charge in [0.05, 0.1) is 17.7 Å². The van der Waals surface area contributed by atoms with Gasteiger partial charge in [-0.15, -0.1) is 0 Å². The van der Waals surface area contributed by atoms with Gasteiger partial charge in [0.2, 0.25) is 0 Å². The molecule has 1 atom stereocenters. The van der Waals surface area contributed by atoms with Crippen LogP contribution in [0.4, 0.5) is 10.1 Å². The highest BCUT2D eigenvalue weighted by molar-refractivity contribution is 5.52. The SMILES string of the molecule is COC1CCN(c2cc(F)cc(C#N)c2)C1. The zero-order valence-corrected chi connectivity index (χ0v) is 9.11. The average molecular weight is 220 g/mol. The summed E-state index contributed by atoms with van der Waals surface area (Å²) in [5.74, 6) is -0.366. The van der Waals surface area contributed by atoms with Crippen LogP contribution >= 0.6 is 0 Å². The molecule has 2 rings (SSSR count). The summed E-state index contributed by atoms with van der Waals surface area (Å²) in [5.41, 5.74) is 1.12. The molecule has 0 aliphatic carbocycles. The van der Waals surface area contributed by atoms with Gasteiger partial charge in [0.25, 0.3) is 0 Å². The molecule has 0 bridgehead atoms. The first-order chi connectivity index (χ1) is 7.72. The Kier molecular flexibility index (Phi) is 3.07. The number of benzene rings is 1. The topological polar surface area (TPSA) is 36.3 Å². The Balaban J connectivity index is 2.21. The number of anilines is 1. The van der Waals surface area contributed by atoms with E-state index in [0.717, 1.165) is 25.2 Å². The molecule has 0 spiro atoms. The molecule has 1 aliphatic heterocycles. The molecular weight excluding hydrogens is 207 g/mol. The lowest BCUT2D eigenvalue weighted by atomic mass is 10.2. The van der Waals surface area contributed by atoms with Crippen molar-refractivity contribution in [3.8, 4) is 6.07 Å². The quantitative estimate of drug-likeness (QED) is 0.764. The first-order valence-electron chi connectivity index (χ1n) is 5.21. The van der Waals surface area contributed by atoms with Crippen LogP contribution in [0.25, 0.3) is 0 Å². The maximum atomic E-state index is 13.2.